The van der Waals surface area contributed by atoms with E-state index in [1.165, 1.54) is 0 Å². The zero-order valence-corrected chi connectivity index (χ0v) is 34.2. The van der Waals surface area contributed by atoms with Gasteiger partial charge in [0.25, 0.3) is 0 Å². The Morgan fingerprint density at radius 3 is 0.643 bits per heavy atom. The minimum Gasteiger partial charge on any atom is -0.354 e. The third kappa shape index (κ3) is 9.64. The Morgan fingerprint density at radius 1 is 0.271 bits per heavy atom. The topological polar surface area (TPSA) is 31.6 Å². The number of halogens is 24. The molecule has 6 aromatic rings. The van der Waals surface area contributed by atoms with E-state index < -0.39 is 185 Å². The van der Waals surface area contributed by atoms with Crippen LogP contribution in [0.1, 0.15) is 78.6 Å². The molecular formula is C44H22F24N2. The van der Waals surface area contributed by atoms with Gasteiger partial charge in [-0.2, -0.15) is 105 Å². The van der Waals surface area contributed by atoms with Crippen molar-refractivity contribution in [3.63, 3.8) is 0 Å². The van der Waals surface area contributed by atoms with Crippen molar-refractivity contribution in [1.29, 1.82) is 0 Å². The lowest BCUT2D eigenvalue weighted by atomic mass is 9.70. The highest BCUT2D eigenvalue weighted by Crippen LogP contribution is 2.63. The van der Waals surface area contributed by atoms with Gasteiger partial charge < -0.3 is 9.97 Å². The summed E-state index contributed by atoms with van der Waals surface area (Å²) >= 11 is 0. The van der Waals surface area contributed by atoms with Crippen LogP contribution in [0.15, 0.2) is 72.8 Å². The van der Waals surface area contributed by atoms with Crippen LogP contribution in [0.5, 0.6) is 0 Å². The van der Waals surface area contributed by atoms with Crippen LogP contribution in [0, 0.1) is 13.8 Å². The number of rotatable bonds is 4. The van der Waals surface area contributed by atoms with Gasteiger partial charge in [-0.1, -0.05) is 0 Å². The number of benzene rings is 4. The first-order valence-electron chi connectivity index (χ1n) is 19.2. The van der Waals surface area contributed by atoms with E-state index in [1.807, 2.05) is 0 Å². The molecule has 26 heteroatoms. The number of fused-ring (bicyclic) bond motifs is 2. The number of H-pyrrole nitrogens is 2. The first-order chi connectivity index (χ1) is 31.6. The molecule has 2 nitrogen and oxygen atoms in total. The second-order valence-corrected chi connectivity index (χ2v) is 16.1. The van der Waals surface area contributed by atoms with Gasteiger partial charge in [0.15, 0.2) is 0 Å². The summed E-state index contributed by atoms with van der Waals surface area (Å²) in [5.41, 5.74) is -33.8. The highest BCUT2D eigenvalue weighted by molar-refractivity contribution is 5.88. The fourth-order valence-electron chi connectivity index (χ4n) is 8.49. The molecule has 0 bridgehead atoms. The van der Waals surface area contributed by atoms with E-state index in [9.17, 15) is 79.0 Å². The zero-order chi connectivity index (χ0) is 52.6. The largest absolute Gasteiger partial charge is 0.416 e. The zero-order valence-electron chi connectivity index (χ0n) is 34.2. The van der Waals surface area contributed by atoms with Gasteiger partial charge in [0, 0.05) is 0 Å². The van der Waals surface area contributed by atoms with Crippen molar-refractivity contribution in [3.8, 4) is 45.0 Å². The number of aryl methyl sites for hydroxylation is 2. The number of aromatic amines is 2. The molecule has 0 amide bonds. The third-order valence-electron chi connectivity index (χ3n) is 11.1. The molecule has 0 spiro atoms. The Morgan fingerprint density at radius 2 is 0.457 bits per heavy atom. The van der Waals surface area contributed by atoms with E-state index in [0.717, 1.165) is 13.8 Å². The van der Waals surface area contributed by atoms with E-state index in [0.29, 0.717) is 24.3 Å². The number of nitrogens with one attached hydrogen (secondary N) is 2. The average molecular weight is 1030 g/mol. The summed E-state index contributed by atoms with van der Waals surface area (Å²) in [6.07, 6.45) is -46.8. The van der Waals surface area contributed by atoms with Crippen LogP contribution >= 0.6 is 0 Å². The smallest absolute Gasteiger partial charge is 0.354 e. The Balaban J connectivity index is 1.79. The summed E-state index contributed by atoms with van der Waals surface area (Å²) in [7, 11) is 0. The normalized spacial score (nSPS) is 16.4. The Kier molecular flexibility index (Phi) is 11.9. The SMILES string of the molecule is Cc1cc(-c2[nH]c(-c3cc(C)cc(C(F)(F)F)c3)c3c2C(C(F)(F)F)c2c(-c4cc(C(F)(F)F)cc(C(F)(F)F)c4)[nH]c(-c4cc(C(F)(F)F)cc(C(F)(F)F)c4)c2C3C(F)(F)F)cc(C(F)(F)F)c1. The van der Waals surface area contributed by atoms with Crippen molar-refractivity contribution in [2.45, 2.75) is 75.1 Å². The van der Waals surface area contributed by atoms with E-state index in [2.05, 4.69) is 4.98 Å². The predicted octanol–water partition coefficient (Wildman–Crippen LogP) is 17.4. The van der Waals surface area contributed by atoms with Crippen molar-refractivity contribution < 1.29 is 105 Å². The maximum atomic E-state index is 16.3. The van der Waals surface area contributed by atoms with Crippen molar-refractivity contribution in [2.24, 2.45) is 0 Å². The first kappa shape index (κ1) is 51.6. The van der Waals surface area contributed by atoms with Crippen LogP contribution in [-0.4, -0.2) is 22.3 Å². The van der Waals surface area contributed by atoms with E-state index in [-0.39, 0.29) is 36.4 Å². The molecule has 1 aliphatic rings. The summed E-state index contributed by atoms with van der Waals surface area (Å²) in [5.74, 6) is -7.95. The van der Waals surface area contributed by atoms with Crippen LogP contribution in [0.2, 0.25) is 0 Å². The van der Waals surface area contributed by atoms with Crippen molar-refractivity contribution in [1.82, 2.24) is 9.97 Å². The lowest BCUT2D eigenvalue weighted by molar-refractivity contribution is -0.152. The fourth-order valence-corrected chi connectivity index (χ4v) is 8.49. The highest BCUT2D eigenvalue weighted by atomic mass is 19.4. The van der Waals surface area contributed by atoms with Gasteiger partial charge in [0.05, 0.1) is 56.2 Å². The molecule has 2 aromatic heterocycles. The summed E-state index contributed by atoms with van der Waals surface area (Å²) in [6.45, 7) is 1.82. The molecule has 7 rings (SSSR count). The van der Waals surface area contributed by atoms with E-state index >= 15 is 26.3 Å². The number of hydrogen-bond acceptors (Lipinski definition) is 0. The van der Waals surface area contributed by atoms with E-state index in [1.54, 1.807) is 4.98 Å². The predicted molar refractivity (Wildman–Crippen MR) is 199 cm³/mol. The first-order valence-corrected chi connectivity index (χ1v) is 19.2. The molecule has 2 unspecified atom stereocenters. The van der Waals surface area contributed by atoms with Gasteiger partial charge in [-0.3, -0.25) is 0 Å². The van der Waals surface area contributed by atoms with Gasteiger partial charge in [-0.05, 0) is 142 Å². The summed E-state index contributed by atoms with van der Waals surface area (Å²) in [6, 6.07) is -0.261. The molecule has 0 saturated heterocycles. The lowest BCUT2D eigenvalue weighted by Gasteiger charge is -2.35. The molecule has 1 aliphatic carbocycles. The van der Waals surface area contributed by atoms with Crippen molar-refractivity contribution in [3.05, 3.63) is 140 Å². The van der Waals surface area contributed by atoms with Gasteiger partial charge >= 0.3 is 49.4 Å². The fraction of sp³-hybridized carbons (Fsp3) is 0.273. The van der Waals surface area contributed by atoms with Gasteiger partial charge in [-0.15, -0.1) is 0 Å². The maximum absolute atomic E-state index is 16.3. The maximum Gasteiger partial charge on any atom is 0.416 e. The van der Waals surface area contributed by atoms with Gasteiger partial charge in [0.2, 0.25) is 0 Å². The van der Waals surface area contributed by atoms with Gasteiger partial charge in [0.1, 0.15) is 11.8 Å². The second-order valence-electron chi connectivity index (χ2n) is 16.1. The average Bonchev–Trinajstić information content (AvgIpc) is 3.76. The molecule has 0 radical (unpaired) electrons. The number of aromatic nitrogens is 2. The third-order valence-corrected chi connectivity index (χ3v) is 11.1. The number of hydrogen-bond donors (Lipinski definition) is 2. The Labute approximate surface area is 374 Å². The molecule has 0 fully saturated rings. The molecule has 2 N–H and O–H groups in total. The summed E-state index contributed by atoms with van der Waals surface area (Å²) in [4.78, 5) is 3.75. The second kappa shape index (κ2) is 16.1. The van der Waals surface area contributed by atoms with E-state index in [4.69, 9.17) is 0 Å². The monoisotopic (exact) mass is 1030 g/mol. The molecule has 376 valence electrons. The minimum atomic E-state index is -6.26. The molecule has 0 saturated carbocycles. The summed E-state index contributed by atoms with van der Waals surface area (Å²) < 4.78 is 354. The molecule has 4 aromatic carbocycles. The van der Waals surface area contributed by atoms with Crippen LogP contribution < -0.4 is 0 Å². The van der Waals surface area contributed by atoms with Crippen LogP contribution in [0.4, 0.5) is 105 Å². The molecule has 70 heavy (non-hydrogen) atoms. The standard InChI is InChI=1S/C44H22F24N2/c1-15-3-17(7-21(5-15)37(45,46)47)33-27-28(34(69-33)18-4-16(2)6-22(8-18)38(48,49)50)32(44(66,67)68)30-29(31(27)43(63,64)65)35(19-9-23(39(51,52)53)13-24(10-19)40(54,55)56)70-36(30)20-11-25(41(57,58)59)14-26(12-20)42(60,61)62/h3-14,31-32,69-70H,1-2H3. The molecule has 2 atom stereocenters. The molecule has 0 aliphatic heterocycles. The minimum absolute atomic E-state index is 0.0823. The Hall–Kier alpha value is -6.24. The van der Waals surface area contributed by atoms with Crippen LogP contribution in [0.3, 0.4) is 0 Å². The van der Waals surface area contributed by atoms with Crippen molar-refractivity contribution >= 4 is 0 Å². The van der Waals surface area contributed by atoms with Crippen LogP contribution in [0.25, 0.3) is 45.0 Å². The van der Waals surface area contributed by atoms with Gasteiger partial charge in [-0.25, -0.2) is 0 Å². The summed E-state index contributed by atoms with van der Waals surface area (Å²) in [5, 5.41) is 0. The highest BCUT2D eigenvalue weighted by Gasteiger charge is 2.59. The Bertz CT molecular complexity index is 2750. The lowest BCUT2D eigenvalue weighted by Crippen LogP contribution is -2.33. The number of alkyl halides is 24. The molecular weight excluding hydrogens is 1010 g/mol. The quantitative estimate of drug-likeness (QED) is 0.165. The molecule has 2 heterocycles. The van der Waals surface area contributed by atoms with Crippen LogP contribution in [-0.2, 0) is 37.1 Å². The van der Waals surface area contributed by atoms with Crippen molar-refractivity contribution in [2.75, 3.05) is 0 Å².